The lowest BCUT2D eigenvalue weighted by molar-refractivity contribution is 1.26. The van der Waals surface area contributed by atoms with Gasteiger partial charge in [-0.1, -0.05) is 36.4 Å². The third-order valence-electron chi connectivity index (χ3n) is 3.92. The van der Waals surface area contributed by atoms with Gasteiger partial charge in [-0.2, -0.15) is 0 Å². The largest absolute Gasteiger partial charge is 0.144 e. The summed E-state index contributed by atoms with van der Waals surface area (Å²) in [4.78, 5) is 1.40. The van der Waals surface area contributed by atoms with Crippen LogP contribution in [0.1, 0.15) is 16.7 Å². The van der Waals surface area contributed by atoms with Crippen LogP contribution < -0.4 is 0 Å². The highest BCUT2D eigenvalue weighted by molar-refractivity contribution is 7.13. The molecule has 92 valence electrons. The van der Waals surface area contributed by atoms with Crippen LogP contribution in [-0.2, 0) is 6.42 Å². The van der Waals surface area contributed by atoms with E-state index < -0.39 is 0 Å². The third-order valence-corrected chi connectivity index (χ3v) is 4.98. The van der Waals surface area contributed by atoms with E-state index in [1.54, 1.807) is 0 Å². The van der Waals surface area contributed by atoms with Crippen LogP contribution in [0.4, 0.5) is 0 Å². The molecule has 4 rings (SSSR count). The van der Waals surface area contributed by atoms with Gasteiger partial charge in [0.2, 0.25) is 0 Å². The van der Waals surface area contributed by atoms with Crippen molar-refractivity contribution in [1.29, 1.82) is 0 Å². The number of hydrogen-bond acceptors (Lipinski definition) is 1. The quantitative estimate of drug-likeness (QED) is 0.437. The fourth-order valence-corrected chi connectivity index (χ4v) is 3.88. The molecule has 0 saturated carbocycles. The molecule has 1 aromatic heterocycles. The summed E-state index contributed by atoms with van der Waals surface area (Å²) in [5.74, 6) is 0. The van der Waals surface area contributed by atoms with Gasteiger partial charge in [0.05, 0.1) is 0 Å². The Kier molecular flexibility index (Phi) is 2.36. The first-order valence-corrected chi connectivity index (χ1v) is 7.46. The van der Waals surface area contributed by atoms with Gasteiger partial charge in [-0.3, -0.25) is 0 Å². The average Bonchev–Trinajstić information content (AvgIpc) is 3.01. The Morgan fingerprint density at radius 3 is 2.58 bits per heavy atom. The van der Waals surface area contributed by atoms with Crippen molar-refractivity contribution in [3.05, 3.63) is 70.6 Å². The summed E-state index contributed by atoms with van der Waals surface area (Å²) >= 11 is 1.83. The Hall–Kier alpha value is -1.86. The third kappa shape index (κ3) is 1.66. The summed E-state index contributed by atoms with van der Waals surface area (Å²) in [5, 5.41) is 2.17. The van der Waals surface area contributed by atoms with E-state index in [2.05, 4.69) is 60.8 Å². The fraction of sp³-hybridized carbons (Fsp3) is 0.111. The van der Waals surface area contributed by atoms with E-state index in [-0.39, 0.29) is 0 Å². The summed E-state index contributed by atoms with van der Waals surface area (Å²) in [5.41, 5.74) is 8.48. The first kappa shape index (κ1) is 11.0. The number of aryl methyl sites for hydroxylation is 1. The first-order valence-electron chi connectivity index (χ1n) is 6.58. The maximum Gasteiger partial charge on any atom is 0.0371 e. The van der Waals surface area contributed by atoms with Crippen LogP contribution in [0.5, 0.6) is 0 Å². The molecule has 0 bridgehead atoms. The van der Waals surface area contributed by atoms with E-state index in [0.29, 0.717) is 0 Å². The van der Waals surface area contributed by atoms with Crippen molar-refractivity contribution in [2.24, 2.45) is 0 Å². The molecule has 1 heteroatoms. The van der Waals surface area contributed by atoms with E-state index >= 15 is 0 Å². The Labute approximate surface area is 117 Å². The van der Waals surface area contributed by atoms with E-state index in [9.17, 15) is 0 Å². The van der Waals surface area contributed by atoms with Gasteiger partial charge in [-0.15, -0.1) is 11.3 Å². The van der Waals surface area contributed by atoms with Crippen LogP contribution in [0.3, 0.4) is 0 Å². The number of thiophene rings is 1. The monoisotopic (exact) mass is 262 g/mol. The lowest BCUT2D eigenvalue weighted by atomic mass is 10.0. The molecule has 19 heavy (non-hydrogen) atoms. The molecule has 3 aromatic rings. The first-order chi connectivity index (χ1) is 9.33. The molecule has 0 amide bonds. The van der Waals surface area contributed by atoms with E-state index in [1.807, 2.05) is 11.3 Å². The highest BCUT2D eigenvalue weighted by atomic mass is 32.1. The van der Waals surface area contributed by atoms with Gasteiger partial charge in [0.15, 0.2) is 0 Å². The predicted octanol–water partition coefficient (Wildman–Crippen LogP) is 5.29. The molecule has 0 N–H and O–H groups in total. The molecule has 1 heterocycles. The van der Waals surface area contributed by atoms with Gasteiger partial charge in [0.25, 0.3) is 0 Å². The molecular formula is C18H14S. The van der Waals surface area contributed by atoms with Gasteiger partial charge in [0, 0.05) is 4.88 Å². The minimum Gasteiger partial charge on any atom is -0.144 e. The summed E-state index contributed by atoms with van der Waals surface area (Å²) in [6.45, 7) is 2.19. The van der Waals surface area contributed by atoms with Crippen LogP contribution in [0, 0.1) is 6.92 Å². The van der Waals surface area contributed by atoms with Gasteiger partial charge < -0.3 is 0 Å². The second kappa shape index (κ2) is 4.07. The van der Waals surface area contributed by atoms with Crippen molar-refractivity contribution < 1.29 is 0 Å². The standard InChI is InChI=1S/C18H14S/c1-12-8-9-19-18(12)14-6-7-17-15(11-14)10-13-4-2-3-5-16(13)17/h2-9,11H,10H2,1H3. The van der Waals surface area contributed by atoms with Crippen LogP contribution in [0.25, 0.3) is 21.6 Å². The van der Waals surface area contributed by atoms with Crippen LogP contribution in [-0.4, -0.2) is 0 Å². The Balaban J connectivity index is 1.86. The van der Waals surface area contributed by atoms with Crippen molar-refractivity contribution in [2.75, 3.05) is 0 Å². The number of hydrogen-bond donors (Lipinski definition) is 0. The fourth-order valence-electron chi connectivity index (χ4n) is 2.95. The topological polar surface area (TPSA) is 0 Å². The average molecular weight is 262 g/mol. The minimum atomic E-state index is 1.07. The molecule has 1 aliphatic carbocycles. The second-order valence-corrected chi connectivity index (χ2v) is 6.05. The zero-order valence-electron chi connectivity index (χ0n) is 10.8. The highest BCUT2D eigenvalue weighted by Gasteiger charge is 2.18. The maximum absolute atomic E-state index is 2.37. The molecule has 0 fully saturated rings. The van der Waals surface area contributed by atoms with Crippen molar-refractivity contribution in [3.63, 3.8) is 0 Å². The SMILES string of the molecule is Cc1ccsc1-c1ccc2c(c1)Cc1ccccc1-2. The van der Waals surface area contributed by atoms with Gasteiger partial charge in [0.1, 0.15) is 0 Å². The maximum atomic E-state index is 2.37. The van der Waals surface area contributed by atoms with Crippen LogP contribution in [0.15, 0.2) is 53.9 Å². The molecule has 0 spiro atoms. The van der Waals surface area contributed by atoms with Crippen molar-refractivity contribution in [2.45, 2.75) is 13.3 Å². The summed E-state index contributed by atoms with van der Waals surface area (Å²) < 4.78 is 0. The summed E-state index contributed by atoms with van der Waals surface area (Å²) in [6.07, 6.45) is 1.07. The molecule has 0 unspecified atom stereocenters. The van der Waals surface area contributed by atoms with E-state index in [1.165, 1.54) is 38.3 Å². The number of fused-ring (bicyclic) bond motifs is 3. The zero-order chi connectivity index (χ0) is 12.8. The number of benzene rings is 2. The molecular weight excluding hydrogens is 248 g/mol. The molecule has 1 aliphatic rings. The molecule has 2 aromatic carbocycles. The molecule has 0 radical (unpaired) electrons. The van der Waals surface area contributed by atoms with Crippen LogP contribution >= 0.6 is 11.3 Å². The van der Waals surface area contributed by atoms with E-state index in [4.69, 9.17) is 0 Å². The van der Waals surface area contributed by atoms with Gasteiger partial charge >= 0.3 is 0 Å². The molecule has 0 saturated heterocycles. The zero-order valence-corrected chi connectivity index (χ0v) is 11.6. The van der Waals surface area contributed by atoms with Gasteiger partial charge in [-0.05, 0) is 64.2 Å². The minimum absolute atomic E-state index is 1.07. The van der Waals surface area contributed by atoms with Crippen molar-refractivity contribution in [3.8, 4) is 21.6 Å². The molecule has 0 nitrogen and oxygen atoms in total. The van der Waals surface area contributed by atoms with Crippen molar-refractivity contribution in [1.82, 2.24) is 0 Å². The van der Waals surface area contributed by atoms with Gasteiger partial charge in [-0.25, -0.2) is 0 Å². The molecule has 0 aliphatic heterocycles. The van der Waals surface area contributed by atoms with E-state index in [0.717, 1.165) is 6.42 Å². The highest BCUT2D eigenvalue weighted by Crippen LogP contribution is 2.39. The molecule has 0 atom stereocenters. The number of rotatable bonds is 1. The smallest absolute Gasteiger partial charge is 0.0371 e. The van der Waals surface area contributed by atoms with Crippen molar-refractivity contribution >= 4 is 11.3 Å². The van der Waals surface area contributed by atoms with Crippen LogP contribution in [0.2, 0.25) is 0 Å². The Bertz CT molecular complexity index is 765. The predicted molar refractivity (Wildman–Crippen MR) is 82.7 cm³/mol. The lowest BCUT2D eigenvalue weighted by Gasteiger charge is -2.05. The normalized spacial score (nSPS) is 12.3. The summed E-state index contributed by atoms with van der Waals surface area (Å²) in [7, 11) is 0. The Morgan fingerprint density at radius 1 is 0.895 bits per heavy atom. The lowest BCUT2D eigenvalue weighted by Crippen LogP contribution is -1.83. The second-order valence-electron chi connectivity index (χ2n) is 5.14. The summed E-state index contributed by atoms with van der Waals surface area (Å²) in [6, 6.07) is 17.9. The Morgan fingerprint density at radius 2 is 1.74 bits per heavy atom.